The van der Waals surface area contributed by atoms with Crippen LogP contribution in [0, 0.1) is 5.82 Å². The van der Waals surface area contributed by atoms with Crippen LogP contribution < -0.4 is 9.47 Å². The van der Waals surface area contributed by atoms with Crippen molar-refractivity contribution in [1.82, 2.24) is 0 Å². The van der Waals surface area contributed by atoms with Crippen LogP contribution >= 0.6 is 11.6 Å². The third kappa shape index (κ3) is 2.34. The van der Waals surface area contributed by atoms with Gasteiger partial charge in [0, 0.05) is 11.0 Å². The normalized spacial score (nSPS) is 16.0. The van der Waals surface area contributed by atoms with E-state index in [0.29, 0.717) is 18.4 Å². The van der Waals surface area contributed by atoms with Gasteiger partial charge in [-0.2, -0.15) is 0 Å². The van der Waals surface area contributed by atoms with E-state index in [9.17, 15) is 9.18 Å². The Morgan fingerprint density at radius 1 is 1.42 bits per heavy atom. The summed E-state index contributed by atoms with van der Waals surface area (Å²) >= 11 is 5.84. The Morgan fingerprint density at radius 2 is 2.00 bits per heavy atom. The van der Waals surface area contributed by atoms with E-state index in [4.69, 9.17) is 26.2 Å². The van der Waals surface area contributed by atoms with Crippen LogP contribution in [0.5, 0.6) is 11.5 Å². The lowest BCUT2D eigenvalue weighted by Crippen LogP contribution is -2.15. The molecule has 0 amide bonds. The first-order valence-corrected chi connectivity index (χ1v) is 6.15. The largest absolute Gasteiger partial charge is 0.492 e. The number of carboxylic acids is 1. The highest BCUT2D eigenvalue weighted by Crippen LogP contribution is 2.56. The molecule has 0 heterocycles. The highest BCUT2D eigenvalue weighted by atomic mass is 35.5. The molecule has 1 fully saturated rings. The molecule has 1 saturated carbocycles. The molecule has 0 spiro atoms. The summed E-state index contributed by atoms with van der Waals surface area (Å²) in [6, 6.07) is 1.44. The molecule has 19 heavy (non-hydrogen) atoms. The summed E-state index contributed by atoms with van der Waals surface area (Å²) < 4.78 is 24.0. The third-order valence-corrected chi connectivity index (χ3v) is 3.73. The maximum absolute atomic E-state index is 13.8. The van der Waals surface area contributed by atoms with E-state index in [-0.39, 0.29) is 22.9 Å². The van der Waals surface area contributed by atoms with Gasteiger partial charge in [0.1, 0.15) is 0 Å². The molecule has 0 aromatic heterocycles. The lowest BCUT2D eigenvalue weighted by molar-refractivity contribution is -0.137. The first-order valence-electron chi connectivity index (χ1n) is 5.77. The molecule has 4 nitrogen and oxygen atoms in total. The van der Waals surface area contributed by atoms with Crippen molar-refractivity contribution in [1.29, 1.82) is 0 Å². The maximum atomic E-state index is 13.8. The van der Waals surface area contributed by atoms with Gasteiger partial charge in [0.2, 0.25) is 0 Å². The van der Waals surface area contributed by atoms with Gasteiger partial charge in [-0.3, -0.25) is 4.79 Å². The molecule has 2 rings (SSSR count). The van der Waals surface area contributed by atoms with Crippen molar-refractivity contribution < 1.29 is 23.8 Å². The van der Waals surface area contributed by atoms with Gasteiger partial charge in [0.25, 0.3) is 0 Å². The zero-order chi connectivity index (χ0) is 14.2. The van der Waals surface area contributed by atoms with Crippen molar-refractivity contribution in [2.75, 3.05) is 14.2 Å². The number of aliphatic carboxylic acids is 1. The fourth-order valence-electron chi connectivity index (χ4n) is 2.35. The van der Waals surface area contributed by atoms with Crippen LogP contribution in [0.25, 0.3) is 0 Å². The van der Waals surface area contributed by atoms with Gasteiger partial charge in [-0.15, -0.1) is 0 Å². The summed E-state index contributed by atoms with van der Waals surface area (Å²) in [4.78, 5) is 11.0. The lowest BCUT2D eigenvalue weighted by atomic mass is 9.91. The number of methoxy groups -OCH3 is 2. The Morgan fingerprint density at radius 3 is 2.42 bits per heavy atom. The van der Waals surface area contributed by atoms with E-state index in [0.717, 1.165) is 0 Å². The number of halogens is 2. The van der Waals surface area contributed by atoms with Gasteiger partial charge in [0.05, 0.1) is 25.7 Å². The van der Waals surface area contributed by atoms with Crippen molar-refractivity contribution in [3.63, 3.8) is 0 Å². The van der Waals surface area contributed by atoms with Crippen molar-refractivity contribution in [2.45, 2.75) is 24.7 Å². The van der Waals surface area contributed by atoms with Crippen LogP contribution in [0.4, 0.5) is 4.39 Å². The molecule has 1 aliphatic carbocycles. The molecule has 1 aliphatic rings. The molecule has 1 aromatic carbocycles. The summed E-state index contributed by atoms with van der Waals surface area (Å²) in [6.45, 7) is 0. The van der Waals surface area contributed by atoms with Crippen molar-refractivity contribution in [2.24, 2.45) is 0 Å². The Labute approximate surface area is 115 Å². The number of benzene rings is 1. The number of ether oxygens (including phenoxy) is 2. The predicted octanol–water partition coefficient (Wildman–Crippen LogP) is 3.00. The molecule has 0 bridgehead atoms. The molecule has 0 radical (unpaired) electrons. The van der Waals surface area contributed by atoms with E-state index in [1.807, 2.05) is 0 Å². The molecule has 6 heteroatoms. The molecule has 0 atom stereocenters. The Bertz CT molecular complexity index is 526. The number of hydrogen-bond acceptors (Lipinski definition) is 3. The van der Waals surface area contributed by atoms with Crippen molar-refractivity contribution in [3.05, 3.63) is 22.5 Å². The van der Waals surface area contributed by atoms with Gasteiger partial charge in [0.15, 0.2) is 17.3 Å². The van der Waals surface area contributed by atoms with Crippen LogP contribution in [0.3, 0.4) is 0 Å². The second-order valence-corrected chi connectivity index (χ2v) is 5.04. The van der Waals surface area contributed by atoms with Crippen LogP contribution in [0.1, 0.15) is 24.8 Å². The summed E-state index contributed by atoms with van der Waals surface area (Å²) in [5, 5.41) is 8.89. The highest BCUT2D eigenvalue weighted by Gasteiger charge is 2.49. The second kappa shape index (κ2) is 4.89. The maximum Gasteiger partial charge on any atom is 0.304 e. The standard InChI is InChI=1S/C13H14ClFO4/c1-18-11-7(13(3-4-13)6-9(16)17)5-8(14)10(15)12(11)19-2/h5H,3-4,6H2,1-2H3,(H,16,17). The Hall–Kier alpha value is -1.49. The molecule has 0 saturated heterocycles. The summed E-state index contributed by atoms with van der Waals surface area (Å²) in [5.74, 6) is -1.46. The Kier molecular flexibility index (Phi) is 3.58. The van der Waals surface area contributed by atoms with Crippen LogP contribution in [0.2, 0.25) is 5.02 Å². The van der Waals surface area contributed by atoms with Gasteiger partial charge in [-0.25, -0.2) is 4.39 Å². The van der Waals surface area contributed by atoms with E-state index in [1.54, 1.807) is 0 Å². The van der Waals surface area contributed by atoms with Crippen molar-refractivity contribution in [3.8, 4) is 11.5 Å². The molecule has 0 aliphatic heterocycles. The van der Waals surface area contributed by atoms with E-state index >= 15 is 0 Å². The molecular weight excluding hydrogens is 275 g/mol. The number of rotatable bonds is 5. The fraction of sp³-hybridized carbons (Fsp3) is 0.462. The van der Waals surface area contributed by atoms with Crippen LogP contribution in [-0.4, -0.2) is 25.3 Å². The Balaban J connectivity index is 2.57. The third-order valence-electron chi connectivity index (χ3n) is 3.45. The fourth-order valence-corrected chi connectivity index (χ4v) is 2.54. The number of carbonyl (C=O) groups is 1. The molecular formula is C13H14ClFO4. The minimum atomic E-state index is -0.904. The molecule has 104 valence electrons. The topological polar surface area (TPSA) is 55.8 Å². The van der Waals surface area contributed by atoms with E-state index < -0.39 is 17.2 Å². The first-order chi connectivity index (χ1) is 8.95. The lowest BCUT2D eigenvalue weighted by Gasteiger charge is -2.20. The monoisotopic (exact) mass is 288 g/mol. The quantitative estimate of drug-likeness (QED) is 0.905. The average Bonchev–Trinajstić information content (AvgIpc) is 3.11. The minimum absolute atomic E-state index is 0.0333. The minimum Gasteiger partial charge on any atom is -0.492 e. The van der Waals surface area contributed by atoms with Gasteiger partial charge < -0.3 is 14.6 Å². The van der Waals surface area contributed by atoms with Gasteiger partial charge in [-0.1, -0.05) is 11.6 Å². The highest BCUT2D eigenvalue weighted by molar-refractivity contribution is 6.31. The SMILES string of the molecule is COc1c(C2(CC(=O)O)CC2)cc(Cl)c(F)c1OC. The van der Waals surface area contributed by atoms with E-state index in [1.165, 1.54) is 20.3 Å². The number of carboxylic acid groups (broad SMARTS) is 1. The van der Waals surface area contributed by atoms with Crippen molar-refractivity contribution >= 4 is 17.6 Å². The molecule has 0 unspecified atom stereocenters. The predicted molar refractivity (Wildman–Crippen MR) is 67.7 cm³/mol. The van der Waals surface area contributed by atoms with Gasteiger partial charge in [-0.05, 0) is 18.9 Å². The van der Waals surface area contributed by atoms with Crippen LogP contribution in [-0.2, 0) is 10.2 Å². The second-order valence-electron chi connectivity index (χ2n) is 4.64. The molecule has 1 aromatic rings. The molecule has 1 N–H and O–H groups in total. The van der Waals surface area contributed by atoms with E-state index in [2.05, 4.69) is 0 Å². The zero-order valence-electron chi connectivity index (χ0n) is 10.6. The smallest absolute Gasteiger partial charge is 0.304 e. The summed E-state index contributed by atoms with van der Waals surface area (Å²) in [5.41, 5.74) is 0.0718. The van der Waals surface area contributed by atoms with Crippen LogP contribution in [0.15, 0.2) is 6.07 Å². The summed E-state index contributed by atoms with van der Waals surface area (Å²) in [6.07, 6.45) is 1.38. The zero-order valence-corrected chi connectivity index (χ0v) is 11.4. The number of hydrogen-bond donors (Lipinski definition) is 1. The summed E-state index contributed by atoms with van der Waals surface area (Å²) in [7, 11) is 2.71. The van der Waals surface area contributed by atoms with Gasteiger partial charge >= 0.3 is 5.97 Å². The first kappa shape index (κ1) is 13.9. The average molecular weight is 289 g/mol.